The molecule has 2 aliphatic heterocycles. The van der Waals surface area contributed by atoms with E-state index in [4.69, 9.17) is 13.9 Å². The molecule has 2 fully saturated rings. The van der Waals surface area contributed by atoms with E-state index in [0.29, 0.717) is 12.2 Å². The number of hydrogen-bond donors (Lipinski definition) is 0. The van der Waals surface area contributed by atoms with Crippen molar-refractivity contribution in [1.82, 2.24) is 9.88 Å². The minimum atomic E-state index is -0.000787. The molecule has 23 heavy (non-hydrogen) atoms. The summed E-state index contributed by atoms with van der Waals surface area (Å²) in [7, 11) is 0. The number of ether oxygens (including phenoxy) is 2. The van der Waals surface area contributed by atoms with Crippen molar-refractivity contribution in [1.29, 1.82) is 0 Å². The third kappa shape index (κ3) is 4.78. The Hall–Kier alpha value is -0.910. The van der Waals surface area contributed by atoms with Gasteiger partial charge in [-0.05, 0) is 25.7 Å². The van der Waals surface area contributed by atoms with Crippen molar-refractivity contribution < 1.29 is 13.9 Å². The van der Waals surface area contributed by atoms with E-state index in [9.17, 15) is 0 Å². The van der Waals surface area contributed by atoms with Gasteiger partial charge >= 0.3 is 0 Å². The van der Waals surface area contributed by atoms with Crippen molar-refractivity contribution in [2.45, 2.75) is 70.6 Å². The Labute approximate surface area is 139 Å². The van der Waals surface area contributed by atoms with Crippen LogP contribution in [0.5, 0.6) is 0 Å². The molecule has 0 aromatic carbocycles. The van der Waals surface area contributed by atoms with Gasteiger partial charge in [0.2, 0.25) is 5.89 Å². The molecular weight excluding hydrogens is 292 g/mol. The highest BCUT2D eigenvalue weighted by Gasteiger charge is 2.26. The molecule has 1 aromatic heterocycles. The first-order chi connectivity index (χ1) is 11.0. The topological polar surface area (TPSA) is 47.7 Å². The molecule has 5 heteroatoms. The second-order valence-corrected chi connectivity index (χ2v) is 7.83. The maximum atomic E-state index is 5.97. The fourth-order valence-electron chi connectivity index (χ4n) is 3.28. The van der Waals surface area contributed by atoms with Crippen LogP contribution in [0.25, 0.3) is 0 Å². The average molecular weight is 322 g/mol. The Morgan fingerprint density at radius 3 is 2.13 bits per heavy atom. The normalized spacial score (nSPS) is 25.6. The molecule has 3 rings (SSSR count). The van der Waals surface area contributed by atoms with Crippen molar-refractivity contribution in [3.05, 3.63) is 17.8 Å². The van der Waals surface area contributed by atoms with Crippen LogP contribution in [0.15, 0.2) is 10.6 Å². The monoisotopic (exact) mass is 322 g/mol. The predicted molar refractivity (Wildman–Crippen MR) is 88.4 cm³/mol. The first kappa shape index (κ1) is 16.9. The Morgan fingerprint density at radius 2 is 1.70 bits per heavy atom. The first-order valence-corrected chi connectivity index (χ1v) is 8.91. The van der Waals surface area contributed by atoms with Crippen LogP contribution in [0.1, 0.15) is 58.1 Å². The van der Waals surface area contributed by atoms with Crippen LogP contribution in [0.2, 0.25) is 0 Å². The number of aromatic nitrogens is 1. The molecule has 1 aromatic rings. The lowest BCUT2D eigenvalue weighted by atomic mass is 9.94. The van der Waals surface area contributed by atoms with Crippen LogP contribution in [-0.4, -0.2) is 48.4 Å². The van der Waals surface area contributed by atoms with Crippen LogP contribution in [0.4, 0.5) is 0 Å². The van der Waals surface area contributed by atoms with Crippen molar-refractivity contribution in [2.75, 3.05) is 26.3 Å². The van der Waals surface area contributed by atoms with E-state index in [0.717, 1.165) is 57.3 Å². The summed E-state index contributed by atoms with van der Waals surface area (Å²) in [6.45, 7) is 10.8. The highest BCUT2D eigenvalue weighted by Crippen LogP contribution is 2.24. The van der Waals surface area contributed by atoms with Gasteiger partial charge in [-0.1, -0.05) is 20.8 Å². The van der Waals surface area contributed by atoms with Gasteiger partial charge in [-0.3, -0.25) is 4.90 Å². The maximum Gasteiger partial charge on any atom is 0.208 e. The Balaban J connectivity index is 1.62. The summed E-state index contributed by atoms with van der Waals surface area (Å²) in [5, 5.41) is 0. The molecule has 0 unspecified atom stereocenters. The summed E-state index contributed by atoms with van der Waals surface area (Å²) < 4.78 is 17.6. The molecular formula is C18H30N2O3. The van der Waals surface area contributed by atoms with Gasteiger partial charge in [0.05, 0.1) is 24.9 Å². The Bertz CT molecular complexity index is 465. The molecule has 2 saturated heterocycles. The molecule has 5 nitrogen and oxygen atoms in total. The second kappa shape index (κ2) is 7.32. The first-order valence-electron chi connectivity index (χ1n) is 8.91. The lowest BCUT2D eigenvalue weighted by molar-refractivity contribution is 0.0313. The van der Waals surface area contributed by atoms with E-state index in [2.05, 4.69) is 30.7 Å². The lowest BCUT2D eigenvalue weighted by Crippen LogP contribution is -2.37. The standard InChI is InChI=1S/C18H30N2O3/c1-18(2,3)16-10-19-17(23-16)13-20(11-14-6-4-8-21-14)12-15-7-5-9-22-15/h10,14-15H,4-9,11-13H2,1-3H3/t14-,15-/m1/s1. The van der Waals surface area contributed by atoms with Gasteiger partial charge in [-0.2, -0.15) is 0 Å². The fraction of sp³-hybridized carbons (Fsp3) is 0.833. The zero-order valence-corrected chi connectivity index (χ0v) is 14.7. The minimum absolute atomic E-state index is 0.000787. The highest BCUT2D eigenvalue weighted by molar-refractivity contribution is 5.06. The molecule has 0 radical (unpaired) electrons. The molecule has 0 spiro atoms. The Morgan fingerprint density at radius 1 is 1.09 bits per heavy atom. The molecule has 2 atom stereocenters. The zero-order valence-electron chi connectivity index (χ0n) is 14.7. The quantitative estimate of drug-likeness (QED) is 0.805. The molecule has 3 heterocycles. The van der Waals surface area contributed by atoms with E-state index >= 15 is 0 Å². The van der Waals surface area contributed by atoms with E-state index in [1.165, 1.54) is 12.8 Å². The molecule has 0 saturated carbocycles. The predicted octanol–water partition coefficient (Wildman–Crippen LogP) is 3.13. The maximum absolute atomic E-state index is 5.97. The second-order valence-electron chi connectivity index (χ2n) is 7.83. The highest BCUT2D eigenvalue weighted by atomic mass is 16.5. The van der Waals surface area contributed by atoms with E-state index in [1.54, 1.807) is 0 Å². The molecule has 2 aliphatic rings. The Kier molecular flexibility index (Phi) is 5.39. The summed E-state index contributed by atoms with van der Waals surface area (Å²) in [5.74, 6) is 1.74. The van der Waals surface area contributed by atoms with Crippen molar-refractivity contribution in [3.63, 3.8) is 0 Å². The summed E-state index contributed by atoms with van der Waals surface area (Å²) in [6.07, 6.45) is 7.20. The summed E-state index contributed by atoms with van der Waals surface area (Å²) in [6, 6.07) is 0. The summed E-state index contributed by atoms with van der Waals surface area (Å²) in [5.41, 5.74) is -0.000787. The van der Waals surface area contributed by atoms with Crippen molar-refractivity contribution in [2.24, 2.45) is 0 Å². The SMILES string of the molecule is CC(C)(C)c1cnc(CN(C[C@H]2CCCO2)C[C@H]2CCCO2)o1. The van der Waals surface area contributed by atoms with Gasteiger partial charge in [0, 0.05) is 31.7 Å². The average Bonchev–Trinajstić information content (AvgIpc) is 3.18. The van der Waals surface area contributed by atoms with E-state index in [-0.39, 0.29) is 5.41 Å². The van der Waals surface area contributed by atoms with Crippen molar-refractivity contribution in [3.8, 4) is 0 Å². The van der Waals surface area contributed by atoms with E-state index in [1.807, 2.05) is 6.20 Å². The summed E-state index contributed by atoms with van der Waals surface area (Å²) in [4.78, 5) is 6.87. The van der Waals surface area contributed by atoms with E-state index < -0.39 is 0 Å². The van der Waals surface area contributed by atoms with Gasteiger partial charge in [0.15, 0.2) is 0 Å². The number of rotatable bonds is 6. The molecule has 0 aliphatic carbocycles. The number of nitrogens with zero attached hydrogens (tertiary/aromatic N) is 2. The summed E-state index contributed by atoms with van der Waals surface area (Å²) >= 11 is 0. The number of oxazole rings is 1. The fourth-order valence-corrected chi connectivity index (χ4v) is 3.28. The van der Waals surface area contributed by atoms with Crippen LogP contribution >= 0.6 is 0 Å². The molecule has 130 valence electrons. The van der Waals surface area contributed by atoms with Crippen LogP contribution in [0, 0.1) is 0 Å². The van der Waals surface area contributed by atoms with Gasteiger partial charge in [-0.25, -0.2) is 4.98 Å². The molecule has 0 amide bonds. The minimum Gasteiger partial charge on any atom is -0.444 e. The van der Waals surface area contributed by atoms with Gasteiger partial charge in [0.25, 0.3) is 0 Å². The number of hydrogen-bond acceptors (Lipinski definition) is 5. The third-order valence-electron chi connectivity index (χ3n) is 4.62. The van der Waals surface area contributed by atoms with Gasteiger partial charge < -0.3 is 13.9 Å². The van der Waals surface area contributed by atoms with Crippen LogP contribution < -0.4 is 0 Å². The molecule has 0 N–H and O–H groups in total. The van der Waals surface area contributed by atoms with Crippen LogP contribution in [0.3, 0.4) is 0 Å². The zero-order chi connectivity index (χ0) is 16.3. The smallest absolute Gasteiger partial charge is 0.208 e. The lowest BCUT2D eigenvalue weighted by Gasteiger charge is -2.26. The van der Waals surface area contributed by atoms with Crippen molar-refractivity contribution >= 4 is 0 Å². The largest absolute Gasteiger partial charge is 0.444 e. The third-order valence-corrected chi connectivity index (χ3v) is 4.62. The molecule has 0 bridgehead atoms. The van der Waals surface area contributed by atoms with Gasteiger partial charge in [0.1, 0.15) is 5.76 Å². The van der Waals surface area contributed by atoms with Gasteiger partial charge in [-0.15, -0.1) is 0 Å². The van der Waals surface area contributed by atoms with Crippen LogP contribution in [-0.2, 0) is 21.4 Å².